The van der Waals surface area contributed by atoms with Crippen molar-refractivity contribution in [1.29, 1.82) is 0 Å². The molecule has 0 aromatic carbocycles. The van der Waals surface area contributed by atoms with Crippen LogP contribution in [0.3, 0.4) is 0 Å². The molecular weight excluding hydrogens is 148 g/mol. The molecule has 0 bridgehead atoms. The number of hydrogen-bond acceptors (Lipinski definition) is 4. The standard InChI is InChI=1S/C3H7ClN2OS/c4-2-1-5-3(6-7)8-2/h2-3,5-7H,1H2. The predicted molar refractivity (Wildman–Crippen MR) is 33.9 cm³/mol. The van der Waals surface area contributed by atoms with Gasteiger partial charge in [-0.15, -0.1) is 23.4 Å². The Labute approximate surface area is 56.7 Å². The molecule has 1 aliphatic heterocycles. The molecule has 2 atom stereocenters. The third kappa shape index (κ3) is 1.50. The first-order chi connectivity index (χ1) is 3.83. The zero-order valence-corrected chi connectivity index (χ0v) is 5.67. The van der Waals surface area contributed by atoms with Crippen molar-refractivity contribution in [3.63, 3.8) is 0 Å². The molecule has 5 heteroatoms. The van der Waals surface area contributed by atoms with Gasteiger partial charge in [-0.25, -0.2) is 0 Å². The fourth-order valence-electron chi connectivity index (χ4n) is 0.520. The lowest BCUT2D eigenvalue weighted by Crippen LogP contribution is -2.32. The van der Waals surface area contributed by atoms with E-state index in [0.717, 1.165) is 6.54 Å². The van der Waals surface area contributed by atoms with Crippen molar-refractivity contribution in [3.8, 4) is 0 Å². The first-order valence-electron chi connectivity index (χ1n) is 2.25. The largest absolute Gasteiger partial charge is 0.314 e. The van der Waals surface area contributed by atoms with Gasteiger partial charge in [0.25, 0.3) is 0 Å². The molecule has 0 aliphatic carbocycles. The zero-order valence-electron chi connectivity index (χ0n) is 4.10. The summed E-state index contributed by atoms with van der Waals surface area (Å²) in [6.07, 6.45) is 0. The molecule has 0 spiro atoms. The minimum absolute atomic E-state index is 0.0830. The van der Waals surface area contributed by atoms with Crippen molar-refractivity contribution in [2.24, 2.45) is 0 Å². The van der Waals surface area contributed by atoms with E-state index in [0.29, 0.717) is 0 Å². The van der Waals surface area contributed by atoms with Gasteiger partial charge in [-0.1, -0.05) is 0 Å². The molecule has 3 N–H and O–H groups in total. The molecule has 1 heterocycles. The number of nitrogens with one attached hydrogen (secondary N) is 2. The van der Waals surface area contributed by atoms with E-state index in [1.54, 1.807) is 0 Å². The Balaban J connectivity index is 2.22. The van der Waals surface area contributed by atoms with Crippen LogP contribution in [0.2, 0.25) is 0 Å². The maximum atomic E-state index is 8.29. The van der Waals surface area contributed by atoms with Gasteiger partial charge in [-0.05, 0) is 0 Å². The highest BCUT2D eigenvalue weighted by atomic mass is 35.5. The molecule has 8 heavy (non-hydrogen) atoms. The number of hydroxylamine groups is 1. The molecular formula is C3H7ClN2OS. The Bertz CT molecular complexity index is 83.7. The Morgan fingerprint density at radius 3 is 2.88 bits per heavy atom. The third-order valence-corrected chi connectivity index (χ3v) is 2.33. The van der Waals surface area contributed by atoms with Crippen LogP contribution >= 0.6 is 23.4 Å². The second kappa shape index (κ2) is 2.89. The molecule has 48 valence electrons. The highest BCUT2D eigenvalue weighted by Gasteiger charge is 2.21. The molecule has 0 saturated carbocycles. The highest BCUT2D eigenvalue weighted by molar-refractivity contribution is 8.01. The average molecular weight is 155 g/mol. The summed E-state index contributed by atoms with van der Waals surface area (Å²) >= 11 is 7.09. The van der Waals surface area contributed by atoms with Crippen LogP contribution in [0.15, 0.2) is 0 Å². The van der Waals surface area contributed by atoms with E-state index in [9.17, 15) is 0 Å². The first kappa shape index (κ1) is 6.64. The van der Waals surface area contributed by atoms with Crippen LogP contribution in [0.4, 0.5) is 0 Å². The molecule has 1 saturated heterocycles. The summed E-state index contributed by atoms with van der Waals surface area (Å²) in [7, 11) is 0. The monoisotopic (exact) mass is 154 g/mol. The van der Waals surface area contributed by atoms with E-state index in [1.165, 1.54) is 11.8 Å². The minimum atomic E-state index is -0.0856. The van der Waals surface area contributed by atoms with Crippen molar-refractivity contribution in [2.45, 2.75) is 10.2 Å². The van der Waals surface area contributed by atoms with Crippen LogP contribution in [0.5, 0.6) is 0 Å². The second-order valence-electron chi connectivity index (χ2n) is 1.46. The molecule has 3 nitrogen and oxygen atoms in total. The summed E-state index contributed by atoms with van der Waals surface area (Å²) in [4.78, 5) is 0. The molecule has 0 amide bonds. The fraction of sp³-hybridized carbons (Fsp3) is 1.00. The van der Waals surface area contributed by atoms with Crippen molar-refractivity contribution in [2.75, 3.05) is 6.54 Å². The van der Waals surface area contributed by atoms with Gasteiger partial charge < -0.3 is 5.21 Å². The van der Waals surface area contributed by atoms with Crippen molar-refractivity contribution < 1.29 is 5.21 Å². The number of halogens is 1. The molecule has 1 rings (SSSR count). The predicted octanol–water partition coefficient (Wildman–Crippen LogP) is 0.150. The van der Waals surface area contributed by atoms with E-state index in [4.69, 9.17) is 16.8 Å². The number of alkyl halides is 1. The van der Waals surface area contributed by atoms with Gasteiger partial charge in [0, 0.05) is 6.54 Å². The quantitative estimate of drug-likeness (QED) is 0.372. The van der Waals surface area contributed by atoms with Crippen molar-refractivity contribution in [1.82, 2.24) is 10.8 Å². The van der Waals surface area contributed by atoms with Crippen molar-refractivity contribution >= 4 is 23.4 Å². The second-order valence-corrected chi connectivity index (χ2v) is 3.56. The van der Waals surface area contributed by atoms with Gasteiger partial charge in [-0.3, -0.25) is 5.32 Å². The highest BCUT2D eigenvalue weighted by Crippen LogP contribution is 2.22. The molecule has 0 aromatic heterocycles. The lowest BCUT2D eigenvalue weighted by molar-refractivity contribution is 0.148. The van der Waals surface area contributed by atoms with Crippen molar-refractivity contribution in [3.05, 3.63) is 0 Å². The topological polar surface area (TPSA) is 44.3 Å². The first-order valence-corrected chi connectivity index (χ1v) is 3.63. The normalized spacial score (nSPS) is 38.2. The molecule has 1 aliphatic rings. The SMILES string of the molecule is ONC1NCC(Cl)S1. The summed E-state index contributed by atoms with van der Waals surface area (Å²) in [6, 6.07) is 0. The number of hydrogen-bond donors (Lipinski definition) is 3. The van der Waals surface area contributed by atoms with E-state index in [2.05, 4.69) is 10.8 Å². The van der Waals surface area contributed by atoms with Gasteiger partial charge in [0.2, 0.25) is 0 Å². The van der Waals surface area contributed by atoms with Gasteiger partial charge in [0.05, 0.1) is 4.71 Å². The Morgan fingerprint density at radius 2 is 2.62 bits per heavy atom. The smallest absolute Gasteiger partial charge is 0.129 e. The maximum absolute atomic E-state index is 8.29. The Hall–Kier alpha value is 0.520. The maximum Gasteiger partial charge on any atom is 0.129 e. The van der Waals surface area contributed by atoms with E-state index >= 15 is 0 Å². The Kier molecular flexibility index (Phi) is 2.40. The lowest BCUT2D eigenvalue weighted by atomic mass is 10.7. The van der Waals surface area contributed by atoms with Crippen LogP contribution in [0, 0.1) is 0 Å². The van der Waals surface area contributed by atoms with Crippen LogP contribution in [-0.2, 0) is 0 Å². The molecule has 0 aromatic rings. The zero-order chi connectivity index (χ0) is 5.98. The Morgan fingerprint density at radius 1 is 1.88 bits per heavy atom. The van der Waals surface area contributed by atoms with Crippen LogP contribution < -0.4 is 10.8 Å². The van der Waals surface area contributed by atoms with E-state index in [1.807, 2.05) is 0 Å². The summed E-state index contributed by atoms with van der Waals surface area (Å²) in [5.41, 5.74) is 1.98. The van der Waals surface area contributed by atoms with E-state index < -0.39 is 0 Å². The molecule has 1 fully saturated rings. The van der Waals surface area contributed by atoms with Crippen LogP contribution in [-0.4, -0.2) is 22.0 Å². The van der Waals surface area contributed by atoms with Gasteiger partial charge in [-0.2, -0.15) is 5.48 Å². The van der Waals surface area contributed by atoms with E-state index in [-0.39, 0.29) is 10.2 Å². The molecule has 0 radical (unpaired) electrons. The molecule has 2 unspecified atom stereocenters. The fourth-order valence-corrected chi connectivity index (χ4v) is 1.66. The number of thioether (sulfide) groups is 1. The number of rotatable bonds is 1. The lowest BCUT2D eigenvalue weighted by Gasteiger charge is -2.02. The van der Waals surface area contributed by atoms with Gasteiger partial charge in [0.1, 0.15) is 5.50 Å². The summed E-state index contributed by atoms with van der Waals surface area (Å²) < 4.78 is 0.0830. The summed E-state index contributed by atoms with van der Waals surface area (Å²) in [5, 5.41) is 11.2. The van der Waals surface area contributed by atoms with Crippen LogP contribution in [0.25, 0.3) is 0 Å². The minimum Gasteiger partial charge on any atom is -0.314 e. The van der Waals surface area contributed by atoms with Gasteiger partial charge in [0.15, 0.2) is 0 Å². The summed E-state index contributed by atoms with van der Waals surface area (Å²) in [5.74, 6) is 0. The third-order valence-electron chi connectivity index (χ3n) is 0.865. The van der Waals surface area contributed by atoms with Gasteiger partial charge >= 0.3 is 0 Å². The summed E-state index contributed by atoms with van der Waals surface area (Å²) in [6.45, 7) is 0.741. The van der Waals surface area contributed by atoms with Crippen LogP contribution in [0.1, 0.15) is 0 Å². The average Bonchev–Trinajstić information content (AvgIpc) is 2.14.